The lowest BCUT2D eigenvalue weighted by Crippen LogP contribution is -2.69. The van der Waals surface area contributed by atoms with Crippen LogP contribution in [0.1, 0.15) is 78.2 Å². The number of nitrogens with one attached hydrogen (secondary N) is 2. The molecule has 7 unspecified atom stereocenters. The van der Waals surface area contributed by atoms with Gasteiger partial charge >= 0.3 is 24.1 Å². The lowest BCUT2D eigenvalue weighted by atomic mass is 9.62. The minimum Gasteiger partial charge on any atom is -0.460 e. The van der Waals surface area contributed by atoms with E-state index in [0.29, 0.717) is 27.8 Å². The van der Waals surface area contributed by atoms with E-state index in [1.807, 2.05) is 60.7 Å². The Balaban J connectivity index is 1.05. The number of amides is 2. The fourth-order valence-electron chi connectivity index (χ4n) is 9.30. The molecule has 2 amide bonds. The smallest absolute Gasteiger partial charge is 0.422 e. The molecule has 1 saturated carbocycles. The zero-order valence-corrected chi connectivity index (χ0v) is 38.0. The van der Waals surface area contributed by atoms with Gasteiger partial charge in [-0.2, -0.15) is 18.2 Å². The number of hydroxylamine groups is 2. The second-order valence-electron chi connectivity index (χ2n) is 18.4. The van der Waals surface area contributed by atoms with E-state index in [1.165, 1.54) is 11.1 Å². The monoisotopic (exact) mass is 955 g/mol. The normalized spacial score (nSPS) is 24.2. The number of aliphatic hydroxyl groups excluding tert-OH is 1. The first-order valence-electron chi connectivity index (χ1n) is 22.5. The van der Waals surface area contributed by atoms with Crippen LogP contribution in [0.15, 0.2) is 115 Å². The highest BCUT2D eigenvalue weighted by Gasteiger charge is 2.76. The third kappa shape index (κ3) is 10.7. The largest absolute Gasteiger partial charge is 0.460 e. The van der Waals surface area contributed by atoms with Crippen LogP contribution in [0.2, 0.25) is 0 Å². The van der Waals surface area contributed by atoms with Crippen molar-refractivity contribution in [3.63, 3.8) is 0 Å². The summed E-state index contributed by atoms with van der Waals surface area (Å²) in [5.41, 5.74) is 0.925. The van der Waals surface area contributed by atoms with Gasteiger partial charge in [0.05, 0.1) is 19.2 Å². The van der Waals surface area contributed by atoms with E-state index in [4.69, 9.17) is 23.8 Å². The first kappa shape index (κ1) is 49.0. The van der Waals surface area contributed by atoms with Crippen LogP contribution in [0, 0.1) is 5.41 Å². The lowest BCUT2D eigenvalue weighted by Gasteiger charge is -2.48. The van der Waals surface area contributed by atoms with E-state index in [2.05, 4.69) is 15.4 Å². The van der Waals surface area contributed by atoms with Gasteiger partial charge in [-0.3, -0.25) is 24.0 Å². The molecule has 1 aliphatic carbocycles. The minimum atomic E-state index is -4.66. The maximum atomic E-state index is 15.1. The van der Waals surface area contributed by atoms with E-state index < -0.39 is 102 Å². The minimum absolute atomic E-state index is 0.00303. The first-order valence-corrected chi connectivity index (χ1v) is 22.5. The summed E-state index contributed by atoms with van der Waals surface area (Å²) in [7, 11) is 0. The molecule has 3 heterocycles. The molecular weight excluding hydrogens is 904 g/mol. The van der Waals surface area contributed by atoms with Crippen LogP contribution in [-0.2, 0) is 66.6 Å². The van der Waals surface area contributed by atoms with Crippen molar-refractivity contribution in [2.45, 2.75) is 107 Å². The van der Waals surface area contributed by atoms with Gasteiger partial charge in [0.25, 0.3) is 5.91 Å². The number of carbonyl (C=O) groups excluding carboxylic acids is 5. The summed E-state index contributed by atoms with van der Waals surface area (Å²) in [6, 6.07) is 29.7. The average Bonchev–Trinajstić information content (AvgIpc) is 3.91. The number of fused-ring (bicyclic) bond motifs is 4. The predicted molar refractivity (Wildman–Crippen MR) is 239 cm³/mol. The maximum absolute atomic E-state index is 15.1. The summed E-state index contributed by atoms with van der Waals surface area (Å²) < 4.78 is 67.3. The fourth-order valence-corrected chi connectivity index (χ4v) is 9.30. The predicted octanol–water partition coefficient (Wildman–Crippen LogP) is 5.82. The molecule has 0 spiro atoms. The van der Waals surface area contributed by atoms with E-state index in [9.17, 15) is 37.5 Å². The van der Waals surface area contributed by atoms with Crippen LogP contribution in [0.4, 0.5) is 13.2 Å². The molecule has 3 saturated heterocycles. The van der Waals surface area contributed by atoms with Crippen molar-refractivity contribution >= 4 is 35.8 Å². The van der Waals surface area contributed by atoms with Crippen molar-refractivity contribution in [2.75, 3.05) is 13.2 Å². The van der Waals surface area contributed by atoms with Gasteiger partial charge in [-0.05, 0) is 62.1 Å². The van der Waals surface area contributed by atoms with Crippen molar-refractivity contribution < 1.29 is 70.8 Å². The zero-order chi connectivity index (χ0) is 49.1. The molecular formula is C51H52F3N3O12. The number of carbonyl (C=O) groups is 5. The Kier molecular flexibility index (Phi) is 14.1. The molecule has 4 aromatic carbocycles. The molecule has 15 nitrogen and oxygen atoms in total. The van der Waals surface area contributed by atoms with Crippen LogP contribution < -0.4 is 10.6 Å². The summed E-state index contributed by atoms with van der Waals surface area (Å²) >= 11 is 0. The molecule has 3 aliphatic heterocycles. The van der Waals surface area contributed by atoms with Crippen molar-refractivity contribution in [3.05, 3.63) is 149 Å². The summed E-state index contributed by atoms with van der Waals surface area (Å²) in [6.45, 7) is 3.02. The quantitative estimate of drug-likeness (QED) is 0.0694. The van der Waals surface area contributed by atoms with Crippen molar-refractivity contribution in [3.8, 4) is 0 Å². The van der Waals surface area contributed by atoms with Crippen LogP contribution in [0.3, 0.4) is 0 Å². The maximum Gasteiger partial charge on any atom is 0.422 e. The van der Waals surface area contributed by atoms with Gasteiger partial charge in [-0.1, -0.05) is 97.1 Å². The topological polar surface area (TPSA) is 188 Å². The fraction of sp³-hybridized carbons (Fsp3) is 0.392. The van der Waals surface area contributed by atoms with Gasteiger partial charge in [-0.25, -0.2) is 4.79 Å². The lowest BCUT2D eigenvalue weighted by molar-refractivity contribution is -0.213. The van der Waals surface area contributed by atoms with Crippen LogP contribution in [0.5, 0.6) is 0 Å². The standard InChI is InChI=1S/C51H52F3N3O12/c1-48(2,3)66-40(60)24-22-37(29-58)56-45(61)34-12-10-11-33(25-34)27-55-47(63)49-26-38-41-42(68-51(67-41,35-13-6-4-7-14-35)36-15-8-5-9-16-36)44(49)69-57(43(49)46(62)65-38)28-32-19-17-31(18-20-32)21-23-39(59)64-30-50(52,53)54/h4-21,23,25,37-38,41-44,58H,22,24,26-30H2,1-3H3,(H,55,63)(H,56,61). The molecule has 8 rings (SSSR count). The molecule has 2 bridgehead atoms. The van der Waals surface area contributed by atoms with E-state index in [0.717, 1.165) is 6.08 Å². The van der Waals surface area contributed by atoms with Crippen LogP contribution in [0.25, 0.3) is 6.08 Å². The number of hydrogen-bond donors (Lipinski definition) is 3. The number of benzene rings is 4. The number of alkyl halides is 3. The summed E-state index contributed by atoms with van der Waals surface area (Å²) in [4.78, 5) is 73.8. The van der Waals surface area contributed by atoms with Crippen LogP contribution in [-0.4, -0.2) is 101 Å². The third-order valence-electron chi connectivity index (χ3n) is 12.3. The molecule has 7 atom stereocenters. The van der Waals surface area contributed by atoms with Gasteiger partial charge < -0.3 is 39.4 Å². The number of nitrogens with zero attached hydrogens (tertiary/aromatic N) is 1. The molecule has 69 heavy (non-hydrogen) atoms. The molecule has 0 radical (unpaired) electrons. The number of esters is 3. The Labute approximate surface area is 395 Å². The summed E-state index contributed by atoms with van der Waals surface area (Å²) in [6.07, 6.45) is -6.22. The van der Waals surface area contributed by atoms with Crippen molar-refractivity contribution in [2.24, 2.45) is 5.41 Å². The second kappa shape index (κ2) is 19.9. The highest BCUT2D eigenvalue weighted by Crippen LogP contribution is 2.59. The Bertz CT molecular complexity index is 2510. The zero-order valence-electron chi connectivity index (χ0n) is 38.0. The second-order valence-corrected chi connectivity index (χ2v) is 18.4. The van der Waals surface area contributed by atoms with Gasteiger partial charge in [0.15, 0.2) is 12.6 Å². The highest BCUT2D eigenvalue weighted by atomic mass is 19.4. The van der Waals surface area contributed by atoms with E-state index in [-0.39, 0.29) is 37.9 Å². The van der Waals surface area contributed by atoms with Crippen molar-refractivity contribution in [1.29, 1.82) is 0 Å². The SMILES string of the molecule is CC(C)(C)OC(=O)CCC(CO)NC(=O)c1cccc(CNC(=O)C23CC4OC(=O)C2N(Cc2ccc(C=CC(=O)OCC(F)(F)F)cc2)OC3C2OC(c3ccccc3)(c3ccccc3)OC42)c1. The van der Waals surface area contributed by atoms with Crippen molar-refractivity contribution in [1.82, 2.24) is 15.7 Å². The average molecular weight is 956 g/mol. The number of hydrogen-bond acceptors (Lipinski definition) is 13. The summed E-state index contributed by atoms with van der Waals surface area (Å²) in [5, 5.41) is 17.2. The highest BCUT2D eigenvalue weighted by molar-refractivity contribution is 5.95. The molecule has 364 valence electrons. The summed E-state index contributed by atoms with van der Waals surface area (Å²) in [5.74, 6) is -4.87. The molecule has 18 heteroatoms. The number of ether oxygens (including phenoxy) is 5. The van der Waals surface area contributed by atoms with Gasteiger partial charge in [0.1, 0.15) is 35.4 Å². The number of rotatable bonds is 16. The Morgan fingerprint density at radius 3 is 2.19 bits per heavy atom. The van der Waals surface area contributed by atoms with Crippen LogP contribution >= 0.6 is 0 Å². The number of aliphatic hydroxyl groups is 1. The molecule has 0 aromatic heterocycles. The molecule has 4 aromatic rings. The third-order valence-corrected chi connectivity index (χ3v) is 12.3. The molecule has 4 aliphatic rings. The Morgan fingerprint density at radius 2 is 1.55 bits per heavy atom. The molecule has 3 N–H and O–H groups in total. The molecule has 4 fully saturated rings. The van der Waals surface area contributed by atoms with Gasteiger partial charge in [0.2, 0.25) is 11.7 Å². The van der Waals surface area contributed by atoms with Gasteiger partial charge in [-0.15, -0.1) is 0 Å². The number of halogens is 3. The first-order chi connectivity index (χ1) is 32.9. The van der Waals surface area contributed by atoms with Gasteiger partial charge in [0, 0.05) is 42.2 Å². The van der Waals surface area contributed by atoms with E-state index >= 15 is 4.79 Å². The Morgan fingerprint density at radius 1 is 0.884 bits per heavy atom. The van der Waals surface area contributed by atoms with E-state index in [1.54, 1.807) is 69.3 Å². The Hall–Kier alpha value is -6.44.